The second kappa shape index (κ2) is 2.86. The van der Waals surface area contributed by atoms with Crippen molar-refractivity contribution in [3.8, 4) is 0 Å². The smallest absolute Gasteiger partial charge is 0.147 e. The fourth-order valence-electron chi connectivity index (χ4n) is 1.67. The molecule has 2 rings (SSSR count). The second-order valence-electron chi connectivity index (χ2n) is 3.28. The van der Waals surface area contributed by atoms with Crippen LogP contribution in [0.1, 0.15) is 18.1 Å². The van der Waals surface area contributed by atoms with E-state index >= 15 is 0 Å². The summed E-state index contributed by atoms with van der Waals surface area (Å²) >= 11 is 0. The van der Waals surface area contributed by atoms with Crippen molar-refractivity contribution in [3.05, 3.63) is 11.6 Å². The summed E-state index contributed by atoms with van der Waals surface area (Å²) < 4.78 is 2.01. The largest absolute Gasteiger partial charge is 0.315 e. The predicted molar refractivity (Wildman–Crippen MR) is 45.9 cm³/mol. The van der Waals surface area contributed by atoms with E-state index < -0.39 is 0 Å². The molecule has 12 heavy (non-hydrogen) atoms. The third-order valence-corrected chi connectivity index (χ3v) is 2.37. The highest BCUT2D eigenvalue weighted by atomic mass is 15.4. The van der Waals surface area contributed by atoms with Gasteiger partial charge in [0.2, 0.25) is 0 Å². The van der Waals surface area contributed by atoms with Gasteiger partial charge >= 0.3 is 0 Å². The van der Waals surface area contributed by atoms with E-state index in [-0.39, 0.29) is 0 Å². The molecular formula is C8H14N4. The highest BCUT2D eigenvalue weighted by molar-refractivity contribution is 4.96. The van der Waals surface area contributed by atoms with Gasteiger partial charge in [0.25, 0.3) is 0 Å². The molecule has 1 unspecified atom stereocenters. The minimum absolute atomic E-state index is 0.568. The second-order valence-corrected chi connectivity index (χ2v) is 3.28. The Morgan fingerprint density at radius 2 is 2.42 bits per heavy atom. The van der Waals surface area contributed by atoms with Crippen LogP contribution in [0.15, 0.2) is 0 Å². The molecule has 0 aliphatic carbocycles. The van der Waals surface area contributed by atoms with Crippen LogP contribution in [-0.2, 0) is 13.0 Å². The van der Waals surface area contributed by atoms with E-state index in [1.165, 1.54) is 6.42 Å². The minimum atomic E-state index is 0.568. The van der Waals surface area contributed by atoms with Crippen molar-refractivity contribution in [2.75, 3.05) is 7.05 Å². The first-order chi connectivity index (χ1) is 5.79. The number of likely N-dealkylation sites (N-methyl/N-ethyl adjacent to an activating group) is 1. The molecule has 4 heteroatoms. The van der Waals surface area contributed by atoms with Crippen molar-refractivity contribution in [1.82, 2.24) is 20.1 Å². The number of nitrogens with one attached hydrogen (secondary N) is 1. The molecule has 1 atom stereocenters. The maximum atomic E-state index is 4.34. The van der Waals surface area contributed by atoms with Crippen LogP contribution in [0.5, 0.6) is 0 Å². The zero-order valence-electron chi connectivity index (χ0n) is 7.54. The highest BCUT2D eigenvalue weighted by Crippen LogP contribution is 2.11. The van der Waals surface area contributed by atoms with Crippen LogP contribution in [-0.4, -0.2) is 27.9 Å². The Morgan fingerprint density at radius 3 is 3.17 bits per heavy atom. The quantitative estimate of drug-likeness (QED) is 0.644. The molecule has 1 aliphatic rings. The Balaban J connectivity index is 2.22. The van der Waals surface area contributed by atoms with Crippen molar-refractivity contribution < 1.29 is 0 Å². The van der Waals surface area contributed by atoms with Crippen LogP contribution in [0.4, 0.5) is 0 Å². The molecule has 0 amide bonds. The molecule has 1 aliphatic heterocycles. The lowest BCUT2D eigenvalue weighted by molar-refractivity contribution is 0.378. The molecule has 0 bridgehead atoms. The van der Waals surface area contributed by atoms with E-state index in [4.69, 9.17) is 0 Å². The normalized spacial score (nSPS) is 22.3. The zero-order valence-corrected chi connectivity index (χ0v) is 7.54. The summed E-state index contributed by atoms with van der Waals surface area (Å²) in [7, 11) is 2.00. The molecular weight excluding hydrogens is 152 g/mol. The van der Waals surface area contributed by atoms with Gasteiger partial charge in [0.15, 0.2) is 0 Å². The van der Waals surface area contributed by atoms with Crippen LogP contribution in [0, 0.1) is 6.92 Å². The van der Waals surface area contributed by atoms with Gasteiger partial charge in [-0.1, -0.05) is 0 Å². The first-order valence-electron chi connectivity index (χ1n) is 4.37. The van der Waals surface area contributed by atoms with Gasteiger partial charge in [-0.25, -0.2) is 9.67 Å². The van der Waals surface area contributed by atoms with Gasteiger partial charge in [-0.15, -0.1) is 0 Å². The lowest BCUT2D eigenvalue weighted by Crippen LogP contribution is -2.35. The molecule has 0 saturated carbocycles. The number of nitrogens with zero attached hydrogens (tertiary/aromatic N) is 3. The number of hydrogen-bond donors (Lipinski definition) is 1. The molecule has 1 aromatic heterocycles. The van der Waals surface area contributed by atoms with Crippen LogP contribution in [0.3, 0.4) is 0 Å². The molecule has 1 N–H and O–H groups in total. The van der Waals surface area contributed by atoms with Crippen LogP contribution in [0.2, 0.25) is 0 Å². The van der Waals surface area contributed by atoms with E-state index in [1.54, 1.807) is 0 Å². The maximum Gasteiger partial charge on any atom is 0.147 e. The number of aromatic nitrogens is 3. The summed E-state index contributed by atoms with van der Waals surface area (Å²) in [5.74, 6) is 2.03. The first kappa shape index (κ1) is 7.73. The summed E-state index contributed by atoms with van der Waals surface area (Å²) in [6.07, 6.45) is 2.22. The van der Waals surface area contributed by atoms with Crippen molar-refractivity contribution in [2.45, 2.75) is 32.4 Å². The van der Waals surface area contributed by atoms with Crippen molar-refractivity contribution in [2.24, 2.45) is 0 Å². The molecule has 2 heterocycles. The Kier molecular flexibility index (Phi) is 1.84. The van der Waals surface area contributed by atoms with Crippen molar-refractivity contribution in [1.29, 1.82) is 0 Å². The topological polar surface area (TPSA) is 42.7 Å². The number of fused-ring (bicyclic) bond motifs is 1. The van der Waals surface area contributed by atoms with Crippen molar-refractivity contribution >= 4 is 0 Å². The summed E-state index contributed by atoms with van der Waals surface area (Å²) in [6, 6.07) is 0.568. The van der Waals surface area contributed by atoms with Crippen LogP contribution >= 0.6 is 0 Å². The maximum absolute atomic E-state index is 4.34. The fraction of sp³-hybridized carbons (Fsp3) is 0.750. The molecule has 0 aromatic carbocycles. The summed E-state index contributed by atoms with van der Waals surface area (Å²) in [6.45, 7) is 2.91. The van der Waals surface area contributed by atoms with Gasteiger partial charge in [0.1, 0.15) is 11.6 Å². The third-order valence-electron chi connectivity index (χ3n) is 2.37. The SMILES string of the molecule is CNC1CCc2nc(C)nn2C1. The molecule has 66 valence electrons. The van der Waals surface area contributed by atoms with Gasteiger partial charge in [0, 0.05) is 12.5 Å². The van der Waals surface area contributed by atoms with Gasteiger partial charge in [-0.05, 0) is 20.4 Å². The molecule has 0 saturated heterocycles. The summed E-state index contributed by atoms with van der Waals surface area (Å²) in [5.41, 5.74) is 0. The molecule has 0 radical (unpaired) electrons. The average molecular weight is 166 g/mol. The molecule has 0 fully saturated rings. The predicted octanol–water partition coefficient (Wildman–Crippen LogP) is 0.121. The molecule has 4 nitrogen and oxygen atoms in total. The molecule has 0 spiro atoms. The van der Waals surface area contributed by atoms with E-state index in [9.17, 15) is 0 Å². The highest BCUT2D eigenvalue weighted by Gasteiger charge is 2.18. The standard InChI is InChI=1S/C8H14N4/c1-6-10-8-4-3-7(9-2)5-12(8)11-6/h7,9H,3-5H2,1-2H3. The van der Waals surface area contributed by atoms with Gasteiger partial charge in [0.05, 0.1) is 6.54 Å². The monoisotopic (exact) mass is 166 g/mol. The Morgan fingerprint density at radius 1 is 1.58 bits per heavy atom. The van der Waals surface area contributed by atoms with E-state index in [2.05, 4.69) is 15.4 Å². The first-order valence-corrected chi connectivity index (χ1v) is 4.37. The van der Waals surface area contributed by atoms with E-state index in [0.717, 1.165) is 24.6 Å². The Bertz CT molecular complexity index is 279. The lowest BCUT2D eigenvalue weighted by atomic mass is 10.1. The van der Waals surface area contributed by atoms with Gasteiger partial charge in [-0.3, -0.25) is 0 Å². The summed E-state index contributed by atoms with van der Waals surface area (Å²) in [4.78, 5) is 4.34. The van der Waals surface area contributed by atoms with Gasteiger partial charge < -0.3 is 5.32 Å². The lowest BCUT2D eigenvalue weighted by Gasteiger charge is -2.21. The van der Waals surface area contributed by atoms with E-state index in [0.29, 0.717) is 6.04 Å². The minimum Gasteiger partial charge on any atom is -0.315 e. The van der Waals surface area contributed by atoms with E-state index in [1.807, 2.05) is 18.7 Å². The van der Waals surface area contributed by atoms with Crippen LogP contribution < -0.4 is 5.32 Å². The van der Waals surface area contributed by atoms with Gasteiger partial charge in [-0.2, -0.15) is 5.10 Å². The number of rotatable bonds is 1. The summed E-state index contributed by atoms with van der Waals surface area (Å²) in [5, 5.41) is 7.58. The number of aryl methyl sites for hydroxylation is 2. The Labute approximate surface area is 72.0 Å². The molecule has 1 aromatic rings. The third kappa shape index (κ3) is 1.22. The Hall–Kier alpha value is -0.900. The van der Waals surface area contributed by atoms with Crippen molar-refractivity contribution in [3.63, 3.8) is 0 Å². The average Bonchev–Trinajstić information content (AvgIpc) is 2.43. The fourth-order valence-corrected chi connectivity index (χ4v) is 1.67. The van der Waals surface area contributed by atoms with Crippen LogP contribution in [0.25, 0.3) is 0 Å². The number of hydrogen-bond acceptors (Lipinski definition) is 3. The zero-order chi connectivity index (χ0) is 8.55.